The van der Waals surface area contributed by atoms with E-state index in [2.05, 4.69) is 5.32 Å². The van der Waals surface area contributed by atoms with Crippen molar-refractivity contribution in [1.29, 1.82) is 0 Å². The van der Waals surface area contributed by atoms with Crippen LogP contribution in [0.4, 0.5) is 0 Å². The topological polar surface area (TPSA) is 64.3 Å². The van der Waals surface area contributed by atoms with Gasteiger partial charge in [0.1, 0.15) is 5.75 Å². The maximum Gasteiger partial charge on any atom is 0.258 e. The Kier molecular flexibility index (Phi) is 5.36. The van der Waals surface area contributed by atoms with E-state index in [1.807, 2.05) is 52.0 Å². The van der Waals surface area contributed by atoms with E-state index < -0.39 is 0 Å². The Hall–Kier alpha value is -1.55. The molecular formula is C15H24N2O2. The number of carbonyl (C=O) groups is 1. The first-order valence-corrected chi connectivity index (χ1v) is 6.63. The number of amides is 1. The van der Waals surface area contributed by atoms with Crippen molar-refractivity contribution in [2.24, 2.45) is 5.73 Å². The molecule has 1 aromatic carbocycles. The summed E-state index contributed by atoms with van der Waals surface area (Å²) in [5.74, 6) is 0.567. The first-order valence-electron chi connectivity index (χ1n) is 6.63. The van der Waals surface area contributed by atoms with Crippen LogP contribution in [-0.4, -0.2) is 18.1 Å². The van der Waals surface area contributed by atoms with Crippen LogP contribution < -0.4 is 15.8 Å². The molecule has 0 heterocycles. The van der Waals surface area contributed by atoms with Crippen LogP contribution in [-0.2, 0) is 4.79 Å². The molecule has 0 radical (unpaired) electrons. The van der Waals surface area contributed by atoms with Crippen LogP contribution in [0.5, 0.6) is 5.75 Å². The van der Waals surface area contributed by atoms with Gasteiger partial charge >= 0.3 is 0 Å². The van der Waals surface area contributed by atoms with Gasteiger partial charge < -0.3 is 15.8 Å². The molecule has 0 saturated carbocycles. The molecule has 0 fully saturated rings. The van der Waals surface area contributed by atoms with E-state index in [4.69, 9.17) is 10.5 Å². The van der Waals surface area contributed by atoms with Gasteiger partial charge in [0.15, 0.2) is 6.61 Å². The Balaban J connectivity index is 2.46. The molecule has 0 bridgehead atoms. The summed E-state index contributed by atoms with van der Waals surface area (Å²) in [4.78, 5) is 11.7. The molecule has 1 aromatic rings. The highest BCUT2D eigenvalue weighted by Crippen LogP contribution is 2.16. The zero-order chi connectivity index (χ0) is 14.5. The largest absolute Gasteiger partial charge is 0.484 e. The number of benzene rings is 1. The summed E-state index contributed by atoms with van der Waals surface area (Å²) in [7, 11) is 0. The average Bonchev–Trinajstić information content (AvgIpc) is 2.36. The van der Waals surface area contributed by atoms with Crippen LogP contribution in [0.15, 0.2) is 24.3 Å². The second kappa shape index (κ2) is 6.57. The van der Waals surface area contributed by atoms with E-state index in [-0.39, 0.29) is 24.1 Å². The molecule has 19 heavy (non-hydrogen) atoms. The maximum absolute atomic E-state index is 11.7. The average molecular weight is 264 g/mol. The Bertz CT molecular complexity index is 411. The smallest absolute Gasteiger partial charge is 0.258 e. The van der Waals surface area contributed by atoms with Gasteiger partial charge in [0.25, 0.3) is 5.91 Å². The van der Waals surface area contributed by atoms with Gasteiger partial charge in [-0.05, 0) is 44.9 Å². The lowest BCUT2D eigenvalue weighted by atomic mass is 10.0. The first kappa shape index (κ1) is 15.5. The summed E-state index contributed by atoms with van der Waals surface area (Å²) in [6.07, 6.45) is 0.877. The van der Waals surface area contributed by atoms with Gasteiger partial charge in [0.05, 0.1) is 0 Å². The van der Waals surface area contributed by atoms with Gasteiger partial charge in [0.2, 0.25) is 0 Å². The zero-order valence-electron chi connectivity index (χ0n) is 12.2. The number of rotatable bonds is 6. The Morgan fingerprint density at radius 3 is 2.42 bits per heavy atom. The number of hydrogen-bond donors (Lipinski definition) is 2. The predicted octanol–water partition coefficient (Wildman–Crippen LogP) is 2.39. The number of nitrogens with one attached hydrogen (secondary N) is 1. The standard InChI is InChI=1S/C15H24N2O2/c1-5-15(3,4)17-14(18)10-19-13-8-6-12(7-9-13)11(2)16/h6-9,11H,5,10,16H2,1-4H3,(H,17,18)/t11-/m0/s1. The predicted molar refractivity (Wildman–Crippen MR) is 77.1 cm³/mol. The van der Waals surface area contributed by atoms with Crippen LogP contribution >= 0.6 is 0 Å². The van der Waals surface area contributed by atoms with E-state index in [0.717, 1.165) is 12.0 Å². The van der Waals surface area contributed by atoms with Gasteiger partial charge in [-0.3, -0.25) is 4.79 Å². The lowest BCUT2D eigenvalue weighted by molar-refractivity contribution is -0.124. The third-order valence-corrected chi connectivity index (χ3v) is 3.14. The molecule has 0 aliphatic carbocycles. The summed E-state index contributed by atoms with van der Waals surface area (Å²) >= 11 is 0. The minimum absolute atomic E-state index is 0.00250. The minimum Gasteiger partial charge on any atom is -0.484 e. The van der Waals surface area contributed by atoms with Gasteiger partial charge in [-0.1, -0.05) is 19.1 Å². The Morgan fingerprint density at radius 1 is 1.37 bits per heavy atom. The third kappa shape index (κ3) is 5.30. The quantitative estimate of drug-likeness (QED) is 0.829. The van der Waals surface area contributed by atoms with E-state index in [1.54, 1.807) is 0 Å². The maximum atomic E-state index is 11.7. The summed E-state index contributed by atoms with van der Waals surface area (Å²) in [6.45, 7) is 7.97. The van der Waals surface area contributed by atoms with E-state index >= 15 is 0 Å². The molecule has 0 aromatic heterocycles. The highest BCUT2D eigenvalue weighted by Gasteiger charge is 2.17. The van der Waals surface area contributed by atoms with Crippen LogP contribution in [0.1, 0.15) is 45.7 Å². The summed E-state index contributed by atoms with van der Waals surface area (Å²) < 4.78 is 5.44. The van der Waals surface area contributed by atoms with E-state index in [0.29, 0.717) is 5.75 Å². The molecule has 1 atom stereocenters. The van der Waals surface area contributed by atoms with E-state index in [1.165, 1.54) is 0 Å². The van der Waals surface area contributed by atoms with Gasteiger partial charge in [-0.25, -0.2) is 0 Å². The molecule has 1 amide bonds. The summed E-state index contributed by atoms with van der Waals surface area (Å²) in [5, 5.41) is 2.92. The van der Waals surface area contributed by atoms with Crippen LogP contribution in [0.2, 0.25) is 0 Å². The van der Waals surface area contributed by atoms with Gasteiger partial charge in [0, 0.05) is 11.6 Å². The monoisotopic (exact) mass is 264 g/mol. The molecule has 0 saturated heterocycles. The normalized spacial score (nSPS) is 12.9. The molecule has 0 unspecified atom stereocenters. The van der Waals surface area contributed by atoms with Crippen molar-refractivity contribution in [2.75, 3.05) is 6.61 Å². The fourth-order valence-electron chi connectivity index (χ4n) is 1.52. The second-order valence-corrected chi connectivity index (χ2v) is 5.43. The number of nitrogens with two attached hydrogens (primary N) is 1. The van der Waals surface area contributed by atoms with Crippen molar-refractivity contribution in [2.45, 2.75) is 45.7 Å². The van der Waals surface area contributed by atoms with Crippen molar-refractivity contribution in [1.82, 2.24) is 5.32 Å². The lowest BCUT2D eigenvalue weighted by Crippen LogP contribution is -2.44. The number of ether oxygens (including phenoxy) is 1. The van der Waals surface area contributed by atoms with Crippen molar-refractivity contribution >= 4 is 5.91 Å². The van der Waals surface area contributed by atoms with Crippen molar-refractivity contribution in [3.05, 3.63) is 29.8 Å². The molecular weight excluding hydrogens is 240 g/mol. The molecule has 0 aliphatic heterocycles. The van der Waals surface area contributed by atoms with E-state index in [9.17, 15) is 4.79 Å². The zero-order valence-corrected chi connectivity index (χ0v) is 12.2. The molecule has 3 N–H and O–H groups in total. The highest BCUT2D eigenvalue weighted by atomic mass is 16.5. The molecule has 0 aliphatic rings. The minimum atomic E-state index is -0.195. The lowest BCUT2D eigenvalue weighted by Gasteiger charge is -2.24. The van der Waals surface area contributed by atoms with Crippen LogP contribution in [0.3, 0.4) is 0 Å². The SMILES string of the molecule is CCC(C)(C)NC(=O)COc1ccc([C@H](C)N)cc1. The molecule has 0 spiro atoms. The summed E-state index contributed by atoms with van der Waals surface area (Å²) in [6, 6.07) is 7.48. The molecule has 4 heteroatoms. The fraction of sp³-hybridized carbons (Fsp3) is 0.533. The molecule has 4 nitrogen and oxygen atoms in total. The van der Waals surface area contributed by atoms with Gasteiger partial charge in [-0.2, -0.15) is 0 Å². The third-order valence-electron chi connectivity index (χ3n) is 3.14. The molecule has 106 valence electrons. The van der Waals surface area contributed by atoms with Crippen molar-refractivity contribution < 1.29 is 9.53 Å². The van der Waals surface area contributed by atoms with Crippen molar-refractivity contribution in [3.8, 4) is 5.75 Å². The van der Waals surface area contributed by atoms with Gasteiger partial charge in [-0.15, -0.1) is 0 Å². The number of hydrogen-bond acceptors (Lipinski definition) is 3. The summed E-state index contributed by atoms with van der Waals surface area (Å²) in [5.41, 5.74) is 6.62. The number of carbonyl (C=O) groups excluding carboxylic acids is 1. The first-order chi connectivity index (χ1) is 8.84. The van der Waals surface area contributed by atoms with Crippen LogP contribution in [0.25, 0.3) is 0 Å². The van der Waals surface area contributed by atoms with Crippen molar-refractivity contribution in [3.63, 3.8) is 0 Å². The second-order valence-electron chi connectivity index (χ2n) is 5.43. The van der Waals surface area contributed by atoms with Crippen LogP contribution in [0, 0.1) is 0 Å². The Labute approximate surface area is 115 Å². The molecule has 1 rings (SSSR count). The fourth-order valence-corrected chi connectivity index (χ4v) is 1.52. The highest BCUT2D eigenvalue weighted by molar-refractivity contribution is 5.78. The Morgan fingerprint density at radius 2 is 1.95 bits per heavy atom.